The molecule has 0 saturated carbocycles. The van der Waals surface area contributed by atoms with Crippen molar-refractivity contribution < 1.29 is 0 Å². The SMILES string of the molecule is Cn1cncc1C(c1ccc2nc(Cl)c(-c3ccccc3)c(Cl)c2c1)c1cnccn1. The summed E-state index contributed by atoms with van der Waals surface area (Å²) in [5.74, 6) is -0.155. The molecule has 3 aromatic heterocycles. The molecule has 0 bridgehead atoms. The molecule has 0 radical (unpaired) electrons. The molecular formula is C24H17Cl2N5. The fourth-order valence-corrected chi connectivity index (χ4v) is 4.54. The Kier molecular flexibility index (Phi) is 5.14. The van der Waals surface area contributed by atoms with Gasteiger partial charge in [0, 0.05) is 42.8 Å². The Morgan fingerprint density at radius 2 is 1.77 bits per heavy atom. The molecule has 0 spiro atoms. The standard InChI is InChI=1S/C24H17Cl2N5/c1-31-14-28-13-20(31)21(19-12-27-9-10-29-19)16-7-8-18-17(11-16)23(25)22(24(26)30-18)15-5-3-2-4-6-15/h2-14,21H,1H3. The van der Waals surface area contributed by atoms with E-state index in [1.54, 1.807) is 24.9 Å². The molecule has 7 heteroatoms. The molecule has 31 heavy (non-hydrogen) atoms. The van der Waals surface area contributed by atoms with Crippen LogP contribution in [0.15, 0.2) is 79.6 Å². The van der Waals surface area contributed by atoms with Crippen molar-refractivity contribution in [3.63, 3.8) is 0 Å². The number of halogens is 2. The van der Waals surface area contributed by atoms with E-state index in [9.17, 15) is 0 Å². The van der Waals surface area contributed by atoms with Crippen molar-refractivity contribution in [1.82, 2.24) is 24.5 Å². The molecule has 152 valence electrons. The molecule has 0 saturated heterocycles. The van der Waals surface area contributed by atoms with Gasteiger partial charge in [-0.3, -0.25) is 9.97 Å². The van der Waals surface area contributed by atoms with Gasteiger partial charge in [-0.1, -0.05) is 59.6 Å². The second kappa shape index (κ2) is 8.10. The third-order valence-corrected chi connectivity index (χ3v) is 5.99. The normalized spacial score (nSPS) is 12.2. The second-order valence-corrected chi connectivity index (χ2v) is 7.96. The van der Waals surface area contributed by atoms with Gasteiger partial charge in [-0.15, -0.1) is 0 Å². The molecule has 1 atom stereocenters. The van der Waals surface area contributed by atoms with Crippen molar-refractivity contribution in [3.05, 3.63) is 107 Å². The van der Waals surface area contributed by atoms with E-state index >= 15 is 0 Å². The number of fused-ring (bicyclic) bond motifs is 1. The molecule has 2 aromatic carbocycles. The van der Waals surface area contributed by atoms with Gasteiger partial charge in [-0.05, 0) is 23.3 Å². The summed E-state index contributed by atoms with van der Waals surface area (Å²) in [7, 11) is 1.97. The summed E-state index contributed by atoms with van der Waals surface area (Å²) in [4.78, 5) is 17.7. The zero-order valence-corrected chi connectivity index (χ0v) is 18.1. The van der Waals surface area contributed by atoms with Crippen molar-refractivity contribution in [2.75, 3.05) is 0 Å². The molecule has 0 N–H and O–H groups in total. The smallest absolute Gasteiger partial charge is 0.139 e. The number of imidazole rings is 1. The van der Waals surface area contributed by atoms with Crippen molar-refractivity contribution in [2.24, 2.45) is 7.05 Å². The number of nitrogens with zero attached hydrogens (tertiary/aromatic N) is 5. The molecule has 3 heterocycles. The van der Waals surface area contributed by atoms with E-state index in [2.05, 4.69) is 26.0 Å². The number of hydrogen-bond donors (Lipinski definition) is 0. The quantitative estimate of drug-likeness (QED) is 0.322. The number of aryl methyl sites for hydroxylation is 1. The van der Waals surface area contributed by atoms with Crippen molar-refractivity contribution >= 4 is 34.1 Å². The van der Waals surface area contributed by atoms with Gasteiger partial charge in [-0.2, -0.15) is 0 Å². The lowest BCUT2D eigenvalue weighted by Crippen LogP contribution is -2.10. The molecule has 5 aromatic rings. The fourth-order valence-electron chi connectivity index (χ4n) is 3.84. The lowest BCUT2D eigenvalue weighted by molar-refractivity contribution is 0.773. The van der Waals surface area contributed by atoms with Gasteiger partial charge in [0.2, 0.25) is 0 Å². The van der Waals surface area contributed by atoms with E-state index in [4.69, 9.17) is 23.2 Å². The summed E-state index contributed by atoms with van der Waals surface area (Å²) in [5.41, 5.74) is 5.23. The van der Waals surface area contributed by atoms with E-state index in [1.165, 1.54) is 0 Å². The van der Waals surface area contributed by atoms with Gasteiger partial charge < -0.3 is 4.57 Å². The minimum Gasteiger partial charge on any atom is -0.337 e. The zero-order valence-electron chi connectivity index (χ0n) is 16.6. The van der Waals surface area contributed by atoms with Crippen molar-refractivity contribution in [1.29, 1.82) is 0 Å². The molecule has 1 unspecified atom stereocenters. The van der Waals surface area contributed by atoms with Crippen LogP contribution in [0.2, 0.25) is 10.2 Å². The summed E-state index contributed by atoms with van der Waals surface area (Å²) >= 11 is 13.4. The van der Waals surface area contributed by atoms with E-state index in [0.29, 0.717) is 10.2 Å². The Hall–Kier alpha value is -3.28. The van der Waals surface area contributed by atoms with Crippen LogP contribution >= 0.6 is 23.2 Å². The number of aromatic nitrogens is 5. The van der Waals surface area contributed by atoms with E-state index in [1.807, 2.05) is 60.3 Å². The monoisotopic (exact) mass is 445 g/mol. The first-order valence-corrected chi connectivity index (χ1v) is 10.5. The topological polar surface area (TPSA) is 56.5 Å². The average molecular weight is 446 g/mol. The van der Waals surface area contributed by atoms with Gasteiger partial charge in [0.1, 0.15) is 5.15 Å². The Bertz CT molecular complexity index is 1370. The second-order valence-electron chi connectivity index (χ2n) is 7.23. The van der Waals surface area contributed by atoms with E-state index < -0.39 is 0 Å². The lowest BCUT2D eigenvalue weighted by atomic mass is 9.91. The van der Waals surface area contributed by atoms with Crippen molar-refractivity contribution in [3.8, 4) is 11.1 Å². The Morgan fingerprint density at radius 3 is 2.48 bits per heavy atom. The highest BCUT2D eigenvalue weighted by Gasteiger charge is 2.23. The van der Waals surface area contributed by atoms with Gasteiger partial charge in [0.15, 0.2) is 0 Å². The highest BCUT2D eigenvalue weighted by Crippen LogP contribution is 2.40. The first-order chi connectivity index (χ1) is 15.1. The van der Waals surface area contributed by atoms with E-state index in [-0.39, 0.29) is 5.92 Å². The van der Waals surface area contributed by atoms with E-state index in [0.717, 1.165) is 39.0 Å². The minimum atomic E-state index is -0.155. The molecule has 5 rings (SSSR count). The first-order valence-electron chi connectivity index (χ1n) is 9.69. The van der Waals surface area contributed by atoms with Crippen LogP contribution in [0.1, 0.15) is 22.9 Å². The number of pyridine rings is 1. The molecule has 0 aliphatic rings. The molecule has 0 aliphatic carbocycles. The minimum absolute atomic E-state index is 0.155. The van der Waals surface area contributed by atoms with Crippen LogP contribution in [0.5, 0.6) is 0 Å². The Labute approximate surface area is 189 Å². The predicted octanol–water partition coefficient (Wildman–Crippen LogP) is 5.91. The largest absolute Gasteiger partial charge is 0.337 e. The van der Waals surface area contributed by atoms with Crippen LogP contribution in [0.3, 0.4) is 0 Å². The summed E-state index contributed by atoms with van der Waals surface area (Å²) < 4.78 is 1.99. The number of benzene rings is 2. The highest BCUT2D eigenvalue weighted by molar-refractivity contribution is 6.42. The number of hydrogen-bond acceptors (Lipinski definition) is 4. The zero-order chi connectivity index (χ0) is 21.4. The average Bonchev–Trinajstić information content (AvgIpc) is 3.21. The third-order valence-electron chi connectivity index (χ3n) is 5.33. The molecule has 0 amide bonds. The maximum Gasteiger partial charge on any atom is 0.139 e. The van der Waals surface area contributed by atoms with Gasteiger partial charge in [0.25, 0.3) is 0 Å². The molecule has 5 nitrogen and oxygen atoms in total. The van der Waals surface area contributed by atoms with Crippen LogP contribution < -0.4 is 0 Å². The van der Waals surface area contributed by atoms with Crippen LogP contribution in [0, 0.1) is 0 Å². The van der Waals surface area contributed by atoms with Gasteiger partial charge in [0.05, 0.1) is 34.2 Å². The van der Waals surface area contributed by atoms with Crippen LogP contribution in [-0.2, 0) is 7.05 Å². The summed E-state index contributed by atoms with van der Waals surface area (Å²) in [6, 6.07) is 15.8. The fraction of sp³-hybridized carbons (Fsp3) is 0.0833. The Morgan fingerprint density at radius 1 is 0.935 bits per heavy atom. The maximum atomic E-state index is 6.89. The summed E-state index contributed by atoms with van der Waals surface area (Å²) in [6.45, 7) is 0. The number of rotatable bonds is 4. The molecule has 0 aliphatic heterocycles. The lowest BCUT2D eigenvalue weighted by Gasteiger charge is -2.18. The van der Waals surface area contributed by atoms with Gasteiger partial charge >= 0.3 is 0 Å². The van der Waals surface area contributed by atoms with Crippen LogP contribution in [-0.4, -0.2) is 24.5 Å². The van der Waals surface area contributed by atoms with Crippen LogP contribution in [0.25, 0.3) is 22.0 Å². The first kappa shape index (κ1) is 19.7. The summed E-state index contributed by atoms with van der Waals surface area (Å²) in [6.07, 6.45) is 8.77. The molecule has 0 fully saturated rings. The van der Waals surface area contributed by atoms with Crippen LogP contribution in [0.4, 0.5) is 0 Å². The Balaban J connectivity index is 1.74. The summed E-state index contributed by atoms with van der Waals surface area (Å²) in [5, 5.41) is 1.79. The van der Waals surface area contributed by atoms with Crippen molar-refractivity contribution in [2.45, 2.75) is 5.92 Å². The third kappa shape index (κ3) is 3.56. The van der Waals surface area contributed by atoms with Gasteiger partial charge in [-0.25, -0.2) is 9.97 Å². The molecular weight excluding hydrogens is 429 g/mol. The highest BCUT2D eigenvalue weighted by atomic mass is 35.5. The maximum absolute atomic E-state index is 6.89. The predicted molar refractivity (Wildman–Crippen MR) is 123 cm³/mol.